The van der Waals surface area contributed by atoms with Crippen molar-refractivity contribution >= 4 is 5.95 Å². The van der Waals surface area contributed by atoms with Gasteiger partial charge in [0.05, 0.1) is 0 Å². The Morgan fingerprint density at radius 1 is 1.23 bits per heavy atom. The smallest absolute Gasteiger partial charge is 0.389 e. The molecule has 0 aliphatic heterocycles. The number of phenolic OH excluding ortho intramolecular Hbond substituents is 1. The zero-order chi connectivity index (χ0) is 16.2. The highest BCUT2D eigenvalue weighted by Gasteiger charge is 2.26. The van der Waals surface area contributed by atoms with E-state index < -0.39 is 12.6 Å². The summed E-state index contributed by atoms with van der Waals surface area (Å²) >= 11 is 0. The number of nitrogens with zero attached hydrogens (tertiary/aromatic N) is 3. The Morgan fingerprint density at radius 3 is 2.68 bits per heavy atom. The van der Waals surface area contributed by atoms with Crippen LogP contribution in [0.4, 0.5) is 19.1 Å². The molecule has 0 amide bonds. The van der Waals surface area contributed by atoms with E-state index >= 15 is 0 Å². The van der Waals surface area contributed by atoms with Gasteiger partial charge in [-0.15, -0.1) is 0 Å². The van der Waals surface area contributed by atoms with Crippen LogP contribution in [0.15, 0.2) is 36.5 Å². The number of hydrogen-bond donors (Lipinski definition) is 1. The Hall–Kier alpha value is -2.31. The van der Waals surface area contributed by atoms with Crippen molar-refractivity contribution in [3.63, 3.8) is 0 Å². The largest absolute Gasteiger partial charge is 0.508 e. The molecule has 0 aliphatic rings. The van der Waals surface area contributed by atoms with Gasteiger partial charge in [0.15, 0.2) is 0 Å². The van der Waals surface area contributed by atoms with Gasteiger partial charge in [0.1, 0.15) is 5.75 Å². The van der Waals surface area contributed by atoms with Crippen LogP contribution in [0, 0.1) is 0 Å². The van der Waals surface area contributed by atoms with Gasteiger partial charge < -0.3 is 10.0 Å². The van der Waals surface area contributed by atoms with E-state index in [0.717, 1.165) is 5.56 Å². The summed E-state index contributed by atoms with van der Waals surface area (Å²) in [7, 11) is 1.74. The number of halogens is 3. The van der Waals surface area contributed by atoms with Crippen molar-refractivity contribution in [3.8, 4) is 5.75 Å². The average molecular weight is 311 g/mol. The number of rotatable bonds is 5. The molecule has 1 N–H and O–H groups in total. The third-order valence-electron chi connectivity index (χ3n) is 3.04. The molecule has 1 heterocycles. The highest BCUT2D eigenvalue weighted by molar-refractivity contribution is 5.34. The van der Waals surface area contributed by atoms with Gasteiger partial charge in [-0.3, -0.25) is 0 Å². The maximum atomic E-state index is 12.2. The topological polar surface area (TPSA) is 49.2 Å². The lowest BCUT2D eigenvalue weighted by Crippen LogP contribution is -2.19. The second-order valence-corrected chi connectivity index (χ2v) is 4.99. The summed E-state index contributed by atoms with van der Waals surface area (Å²) in [6.45, 7) is 0.442. The fourth-order valence-electron chi connectivity index (χ4n) is 1.98. The molecule has 0 fully saturated rings. The molecule has 0 radical (unpaired) electrons. The monoisotopic (exact) mass is 311 g/mol. The maximum Gasteiger partial charge on any atom is 0.389 e. The van der Waals surface area contributed by atoms with Crippen molar-refractivity contribution in [2.45, 2.75) is 25.6 Å². The van der Waals surface area contributed by atoms with Crippen molar-refractivity contribution in [1.29, 1.82) is 0 Å². The van der Waals surface area contributed by atoms with Crippen molar-refractivity contribution in [1.82, 2.24) is 9.97 Å². The standard InChI is InChI=1S/C15H16F3N3O/c1-21(10-11-3-2-4-13(22)9-11)14-19-8-6-12(20-14)5-7-15(16,17)18/h2-4,6,8-9,22H,5,7,10H2,1H3. The maximum absolute atomic E-state index is 12.2. The fourth-order valence-corrected chi connectivity index (χ4v) is 1.98. The number of aryl methyl sites for hydroxylation is 1. The number of alkyl halides is 3. The van der Waals surface area contributed by atoms with Gasteiger partial charge in [-0.2, -0.15) is 13.2 Å². The zero-order valence-corrected chi connectivity index (χ0v) is 12.0. The Labute approximate surface area is 126 Å². The Bertz CT molecular complexity index is 631. The van der Waals surface area contributed by atoms with Gasteiger partial charge in [0.25, 0.3) is 0 Å². The molecule has 0 aliphatic carbocycles. The quantitative estimate of drug-likeness (QED) is 0.920. The first kappa shape index (κ1) is 16.1. The SMILES string of the molecule is CN(Cc1cccc(O)c1)c1nccc(CCC(F)(F)F)n1. The molecule has 4 nitrogen and oxygen atoms in total. The number of hydrogen-bond acceptors (Lipinski definition) is 4. The lowest BCUT2D eigenvalue weighted by atomic mass is 10.2. The Morgan fingerprint density at radius 2 is 2.00 bits per heavy atom. The van der Waals surface area contributed by atoms with E-state index in [-0.39, 0.29) is 12.2 Å². The van der Waals surface area contributed by atoms with E-state index in [1.165, 1.54) is 12.3 Å². The highest BCUT2D eigenvalue weighted by Crippen LogP contribution is 2.22. The minimum Gasteiger partial charge on any atom is -0.508 e. The minimum absolute atomic E-state index is 0.158. The first-order chi connectivity index (χ1) is 10.3. The summed E-state index contributed by atoms with van der Waals surface area (Å²) in [6, 6.07) is 8.22. The number of aromatic nitrogens is 2. The molecule has 0 saturated heterocycles. The van der Waals surface area contributed by atoms with Crippen LogP contribution in [0.1, 0.15) is 17.7 Å². The van der Waals surface area contributed by atoms with Gasteiger partial charge in [-0.05, 0) is 30.2 Å². The van der Waals surface area contributed by atoms with Gasteiger partial charge in [0, 0.05) is 31.9 Å². The van der Waals surface area contributed by atoms with Crippen molar-refractivity contribution in [2.75, 3.05) is 11.9 Å². The predicted octanol–water partition coefficient (Wildman–Crippen LogP) is 3.31. The lowest BCUT2D eigenvalue weighted by Gasteiger charge is -2.17. The average Bonchev–Trinajstić information content (AvgIpc) is 2.45. The molecule has 0 unspecified atom stereocenters. The number of phenols is 1. The van der Waals surface area contributed by atoms with Crippen LogP contribution in [0.3, 0.4) is 0 Å². The van der Waals surface area contributed by atoms with Crippen LogP contribution in [-0.2, 0) is 13.0 Å². The summed E-state index contributed by atoms with van der Waals surface area (Å²) in [5.41, 5.74) is 1.21. The van der Waals surface area contributed by atoms with Crippen LogP contribution in [-0.4, -0.2) is 28.3 Å². The van der Waals surface area contributed by atoms with Crippen molar-refractivity contribution in [3.05, 3.63) is 47.8 Å². The molecule has 1 aromatic heterocycles. The summed E-state index contributed by atoms with van der Waals surface area (Å²) in [5.74, 6) is 0.508. The second kappa shape index (κ2) is 6.64. The number of anilines is 1. The summed E-state index contributed by atoms with van der Waals surface area (Å²) in [5, 5.41) is 9.43. The number of benzene rings is 1. The molecule has 7 heteroatoms. The van der Waals surface area contributed by atoms with Crippen LogP contribution >= 0.6 is 0 Å². The van der Waals surface area contributed by atoms with E-state index in [9.17, 15) is 18.3 Å². The Kier molecular flexibility index (Phi) is 4.85. The van der Waals surface area contributed by atoms with E-state index in [2.05, 4.69) is 9.97 Å². The molecule has 1 aromatic carbocycles. The zero-order valence-electron chi connectivity index (χ0n) is 12.0. The normalized spacial score (nSPS) is 11.5. The Balaban J connectivity index is 2.05. The van der Waals surface area contributed by atoms with Crippen LogP contribution in [0.2, 0.25) is 0 Å². The van der Waals surface area contributed by atoms with Crippen molar-refractivity contribution in [2.24, 2.45) is 0 Å². The molecule has 22 heavy (non-hydrogen) atoms. The summed E-state index contributed by atoms with van der Waals surface area (Å²) in [6.07, 6.45) is -3.82. The summed E-state index contributed by atoms with van der Waals surface area (Å²) < 4.78 is 36.7. The van der Waals surface area contributed by atoms with Gasteiger partial charge >= 0.3 is 6.18 Å². The molecule has 118 valence electrons. The van der Waals surface area contributed by atoms with Crippen molar-refractivity contribution < 1.29 is 18.3 Å². The molecular weight excluding hydrogens is 295 g/mol. The third kappa shape index (κ3) is 4.91. The van der Waals surface area contributed by atoms with E-state index in [4.69, 9.17) is 0 Å². The highest BCUT2D eigenvalue weighted by atomic mass is 19.4. The lowest BCUT2D eigenvalue weighted by molar-refractivity contribution is -0.134. The first-order valence-electron chi connectivity index (χ1n) is 6.71. The molecule has 0 saturated carbocycles. The molecule has 0 spiro atoms. The van der Waals surface area contributed by atoms with E-state index in [0.29, 0.717) is 18.2 Å². The number of aromatic hydroxyl groups is 1. The molecule has 2 rings (SSSR count). The summed E-state index contributed by atoms with van der Waals surface area (Å²) in [4.78, 5) is 9.93. The molecule has 0 atom stereocenters. The minimum atomic E-state index is -4.20. The first-order valence-corrected chi connectivity index (χ1v) is 6.71. The van der Waals surface area contributed by atoms with Gasteiger partial charge in [-0.1, -0.05) is 12.1 Å². The van der Waals surface area contributed by atoms with Crippen LogP contribution < -0.4 is 4.90 Å². The second-order valence-electron chi connectivity index (χ2n) is 4.99. The molecular formula is C15H16F3N3O. The van der Waals surface area contributed by atoms with Crippen LogP contribution in [0.25, 0.3) is 0 Å². The third-order valence-corrected chi connectivity index (χ3v) is 3.04. The fraction of sp³-hybridized carbons (Fsp3) is 0.333. The molecule has 0 bridgehead atoms. The van der Waals surface area contributed by atoms with E-state index in [1.807, 2.05) is 6.07 Å². The molecule has 2 aromatic rings. The van der Waals surface area contributed by atoms with Crippen LogP contribution in [0.5, 0.6) is 5.75 Å². The van der Waals surface area contributed by atoms with Gasteiger partial charge in [-0.25, -0.2) is 9.97 Å². The van der Waals surface area contributed by atoms with E-state index in [1.54, 1.807) is 30.1 Å². The predicted molar refractivity (Wildman–Crippen MR) is 76.6 cm³/mol. The van der Waals surface area contributed by atoms with Gasteiger partial charge in [0.2, 0.25) is 5.95 Å².